The minimum atomic E-state index is -4.59. The van der Waals surface area contributed by atoms with E-state index in [-0.39, 0.29) is 34.3 Å². The van der Waals surface area contributed by atoms with Crippen molar-refractivity contribution in [2.75, 3.05) is 4.90 Å². The Bertz CT molecular complexity index is 1210. The van der Waals surface area contributed by atoms with Gasteiger partial charge in [0.05, 0.1) is 33.8 Å². The van der Waals surface area contributed by atoms with Crippen molar-refractivity contribution in [2.45, 2.75) is 38.8 Å². The van der Waals surface area contributed by atoms with Crippen LogP contribution in [0.15, 0.2) is 57.7 Å². The zero-order chi connectivity index (χ0) is 23.4. The molecule has 166 valence electrons. The van der Waals surface area contributed by atoms with E-state index in [9.17, 15) is 23.2 Å². The summed E-state index contributed by atoms with van der Waals surface area (Å²) < 4.78 is 40.4. The molecule has 2 N–H and O–H groups in total. The highest BCUT2D eigenvalue weighted by atomic mass is 35.5. The lowest BCUT2D eigenvalue weighted by molar-refractivity contribution is -0.137. The highest BCUT2D eigenvalue weighted by Crippen LogP contribution is 2.51. The van der Waals surface area contributed by atoms with Gasteiger partial charge in [-0.3, -0.25) is 9.69 Å². The molecular weight excluding hydrogens is 459 g/mol. The lowest BCUT2D eigenvalue weighted by atomic mass is 9.69. The molecule has 1 aliphatic heterocycles. The van der Waals surface area contributed by atoms with Crippen molar-refractivity contribution in [3.8, 4) is 6.07 Å². The number of rotatable bonds is 2. The first-order valence-electron chi connectivity index (χ1n) is 9.79. The summed E-state index contributed by atoms with van der Waals surface area (Å²) in [4.78, 5) is 14.7. The summed E-state index contributed by atoms with van der Waals surface area (Å²) in [6.45, 7) is 3.83. The first kappa shape index (κ1) is 22.4. The zero-order valence-electron chi connectivity index (χ0n) is 17.3. The zero-order valence-corrected chi connectivity index (χ0v) is 18.8. The molecule has 4 nitrogen and oxygen atoms in total. The Kier molecular flexibility index (Phi) is 5.38. The van der Waals surface area contributed by atoms with Crippen molar-refractivity contribution >= 4 is 34.4 Å². The van der Waals surface area contributed by atoms with Gasteiger partial charge in [-0.1, -0.05) is 25.4 Å². The number of allylic oxidation sites excluding steroid dienone is 3. The van der Waals surface area contributed by atoms with E-state index in [0.29, 0.717) is 17.7 Å². The molecule has 0 saturated heterocycles. The maximum absolute atomic E-state index is 13.5. The number of thiophene rings is 1. The van der Waals surface area contributed by atoms with Crippen LogP contribution in [0.4, 0.5) is 18.9 Å². The fraction of sp³-hybridized carbons (Fsp3) is 0.304. The molecule has 1 aliphatic carbocycles. The summed E-state index contributed by atoms with van der Waals surface area (Å²) in [5.41, 5.74) is 6.84. The number of anilines is 1. The van der Waals surface area contributed by atoms with Crippen molar-refractivity contribution in [2.24, 2.45) is 11.1 Å². The van der Waals surface area contributed by atoms with Crippen LogP contribution in [0.3, 0.4) is 0 Å². The summed E-state index contributed by atoms with van der Waals surface area (Å²) in [5.74, 6) is -0.833. The van der Waals surface area contributed by atoms with Crippen molar-refractivity contribution in [3.63, 3.8) is 0 Å². The van der Waals surface area contributed by atoms with Crippen molar-refractivity contribution in [1.82, 2.24) is 0 Å². The van der Waals surface area contributed by atoms with Crippen LogP contribution >= 0.6 is 22.9 Å². The van der Waals surface area contributed by atoms with Crippen molar-refractivity contribution in [1.29, 1.82) is 5.26 Å². The number of carbonyl (C=O) groups excluding carboxylic acids is 1. The molecule has 1 aromatic heterocycles. The minimum absolute atomic E-state index is 0.00601. The topological polar surface area (TPSA) is 70.1 Å². The van der Waals surface area contributed by atoms with Gasteiger partial charge in [-0.25, -0.2) is 0 Å². The second kappa shape index (κ2) is 7.68. The molecule has 0 radical (unpaired) electrons. The van der Waals surface area contributed by atoms with E-state index in [2.05, 4.69) is 6.07 Å². The maximum atomic E-state index is 13.5. The predicted octanol–water partition coefficient (Wildman–Crippen LogP) is 6.36. The highest BCUT2D eigenvalue weighted by molar-refractivity contribution is 7.08. The molecule has 2 aliphatic rings. The largest absolute Gasteiger partial charge is 0.416 e. The van der Waals surface area contributed by atoms with Gasteiger partial charge in [-0.2, -0.15) is 29.8 Å². The van der Waals surface area contributed by atoms with Crippen molar-refractivity contribution in [3.05, 3.63) is 73.8 Å². The fourth-order valence-electron chi connectivity index (χ4n) is 4.42. The van der Waals surface area contributed by atoms with Crippen LogP contribution in [0.25, 0.3) is 0 Å². The Labute approximate surface area is 192 Å². The van der Waals surface area contributed by atoms with Crippen LogP contribution in [0.5, 0.6) is 0 Å². The number of nitrogens with zero attached hydrogens (tertiary/aromatic N) is 2. The third-order valence-electron chi connectivity index (χ3n) is 5.77. The van der Waals surface area contributed by atoms with Gasteiger partial charge in [0.25, 0.3) is 0 Å². The molecule has 0 fully saturated rings. The lowest BCUT2D eigenvalue weighted by Gasteiger charge is -2.44. The summed E-state index contributed by atoms with van der Waals surface area (Å²) >= 11 is 7.76. The standard InChI is InChI=1S/C23H19ClF3N3OS/c1-22(2)8-17-20(18(31)9-22)19(12-5-6-32-11-12)14(10-28)21(29)30(17)16-7-13(23(25,26)27)3-4-15(16)24/h3-7,11,19H,8-9,29H2,1-2H3. The van der Waals surface area contributed by atoms with E-state index in [4.69, 9.17) is 17.3 Å². The number of ketones is 1. The average Bonchev–Trinajstić information content (AvgIpc) is 3.20. The maximum Gasteiger partial charge on any atom is 0.416 e. The predicted molar refractivity (Wildman–Crippen MR) is 118 cm³/mol. The SMILES string of the molecule is CC1(C)CC(=O)C2=C(C1)N(c1cc(C(F)(F)F)ccc1Cl)C(N)=C(C#N)C2c1ccsc1. The minimum Gasteiger partial charge on any atom is -0.384 e. The number of Topliss-reactive ketones (excluding diaryl/α,β-unsaturated/α-hetero) is 1. The average molecular weight is 478 g/mol. The van der Waals surface area contributed by atoms with Crippen LogP contribution in [0, 0.1) is 16.7 Å². The van der Waals surface area contributed by atoms with Crippen LogP contribution in [0.2, 0.25) is 5.02 Å². The number of nitriles is 1. The molecule has 0 saturated carbocycles. The molecule has 4 rings (SSSR count). The fourth-order valence-corrected chi connectivity index (χ4v) is 5.31. The van der Waals surface area contributed by atoms with Crippen LogP contribution in [-0.2, 0) is 11.0 Å². The summed E-state index contributed by atoms with van der Waals surface area (Å²) in [7, 11) is 0. The van der Waals surface area contributed by atoms with Gasteiger partial charge in [-0.15, -0.1) is 0 Å². The molecule has 2 aromatic rings. The molecule has 1 unspecified atom stereocenters. The summed E-state index contributed by atoms with van der Waals surface area (Å²) in [5, 5.41) is 13.7. The molecule has 32 heavy (non-hydrogen) atoms. The van der Waals surface area contributed by atoms with Gasteiger partial charge in [0.15, 0.2) is 5.78 Å². The van der Waals surface area contributed by atoms with Gasteiger partial charge in [-0.05, 0) is 52.4 Å². The Hall–Kier alpha value is -2.76. The summed E-state index contributed by atoms with van der Waals surface area (Å²) in [6, 6.07) is 6.87. The lowest BCUT2D eigenvalue weighted by Crippen LogP contribution is -2.42. The second-order valence-electron chi connectivity index (χ2n) is 8.70. The number of hydrogen-bond acceptors (Lipinski definition) is 5. The third kappa shape index (κ3) is 3.70. The molecule has 1 atom stereocenters. The van der Waals surface area contributed by atoms with Gasteiger partial charge < -0.3 is 5.73 Å². The van der Waals surface area contributed by atoms with E-state index in [1.807, 2.05) is 30.7 Å². The smallest absolute Gasteiger partial charge is 0.384 e. The molecule has 0 bridgehead atoms. The van der Waals surface area contributed by atoms with Gasteiger partial charge in [0.1, 0.15) is 5.82 Å². The third-order valence-corrected chi connectivity index (χ3v) is 6.79. The van der Waals surface area contributed by atoms with Crippen LogP contribution < -0.4 is 10.6 Å². The highest BCUT2D eigenvalue weighted by Gasteiger charge is 2.45. The number of nitrogens with two attached hydrogens (primary N) is 1. The Morgan fingerprint density at radius 2 is 2.00 bits per heavy atom. The first-order chi connectivity index (χ1) is 14.9. The van der Waals surface area contributed by atoms with Crippen LogP contribution in [0.1, 0.15) is 43.7 Å². The molecule has 2 heterocycles. The normalized spacial score (nSPS) is 21.0. The van der Waals surface area contributed by atoms with Gasteiger partial charge in [0.2, 0.25) is 0 Å². The van der Waals surface area contributed by atoms with Gasteiger partial charge in [0, 0.05) is 17.7 Å². The van der Waals surface area contributed by atoms with E-state index in [0.717, 1.165) is 23.8 Å². The van der Waals surface area contributed by atoms with Crippen molar-refractivity contribution < 1.29 is 18.0 Å². The van der Waals surface area contributed by atoms with Crippen LogP contribution in [-0.4, -0.2) is 5.78 Å². The Morgan fingerprint density at radius 3 is 2.59 bits per heavy atom. The molecule has 1 aromatic carbocycles. The molecule has 0 spiro atoms. The monoisotopic (exact) mass is 477 g/mol. The summed E-state index contributed by atoms with van der Waals surface area (Å²) in [6.07, 6.45) is -3.94. The number of alkyl halides is 3. The molecule has 9 heteroatoms. The Balaban J connectivity index is 2.02. The quantitative estimate of drug-likeness (QED) is 0.546. The van der Waals surface area contributed by atoms with E-state index >= 15 is 0 Å². The van der Waals surface area contributed by atoms with E-state index in [1.165, 1.54) is 16.2 Å². The first-order valence-corrected chi connectivity index (χ1v) is 11.1. The van der Waals surface area contributed by atoms with Gasteiger partial charge >= 0.3 is 6.18 Å². The van der Waals surface area contributed by atoms with E-state index < -0.39 is 23.1 Å². The number of halogens is 4. The number of carbonyl (C=O) groups is 1. The Morgan fingerprint density at radius 1 is 1.28 bits per heavy atom. The number of benzene rings is 1. The molecule has 0 amide bonds. The second-order valence-corrected chi connectivity index (χ2v) is 9.89. The number of hydrogen-bond donors (Lipinski definition) is 1. The van der Waals surface area contributed by atoms with E-state index in [1.54, 1.807) is 0 Å². The molecular formula is C23H19ClF3N3OS.